The molecule has 0 spiro atoms. The second kappa shape index (κ2) is 4.57. The van der Waals surface area contributed by atoms with Gasteiger partial charge in [-0.3, -0.25) is 4.90 Å². The van der Waals surface area contributed by atoms with Crippen LogP contribution in [-0.4, -0.2) is 53.2 Å². The largest absolute Gasteiger partial charge is 0.478 e. The standard InChI is InChI=1S/C13H17N3O2/c17-13(18)10-3-4-14-12(8-10)16-7-6-15-5-1-2-11(15)9-16/h3-4,8,11H,1-2,5-7,9H2,(H,17,18). The molecule has 0 saturated carbocycles. The molecule has 5 nitrogen and oxygen atoms in total. The summed E-state index contributed by atoms with van der Waals surface area (Å²) in [6, 6.07) is 3.83. The van der Waals surface area contributed by atoms with Crippen LogP contribution in [-0.2, 0) is 0 Å². The van der Waals surface area contributed by atoms with Crippen LogP contribution < -0.4 is 4.90 Å². The molecule has 1 N–H and O–H groups in total. The molecule has 2 fully saturated rings. The fourth-order valence-electron chi connectivity index (χ4n) is 2.92. The van der Waals surface area contributed by atoms with E-state index in [1.165, 1.54) is 25.5 Å². The molecule has 5 heteroatoms. The molecule has 1 unspecified atom stereocenters. The zero-order valence-electron chi connectivity index (χ0n) is 10.2. The van der Waals surface area contributed by atoms with Gasteiger partial charge in [-0.25, -0.2) is 9.78 Å². The lowest BCUT2D eigenvalue weighted by Gasteiger charge is -2.38. The smallest absolute Gasteiger partial charge is 0.335 e. The number of aromatic nitrogens is 1. The third-order valence-electron chi connectivity index (χ3n) is 3.90. The van der Waals surface area contributed by atoms with Crippen molar-refractivity contribution in [1.82, 2.24) is 9.88 Å². The number of carbonyl (C=O) groups is 1. The van der Waals surface area contributed by atoms with Crippen LogP contribution in [0.2, 0.25) is 0 Å². The van der Waals surface area contributed by atoms with Gasteiger partial charge in [0.1, 0.15) is 5.82 Å². The first-order valence-corrected chi connectivity index (χ1v) is 6.42. The first-order chi connectivity index (χ1) is 8.74. The number of piperazine rings is 1. The number of hydrogen-bond donors (Lipinski definition) is 1. The number of fused-ring (bicyclic) bond motifs is 1. The summed E-state index contributed by atoms with van der Waals surface area (Å²) in [7, 11) is 0. The van der Waals surface area contributed by atoms with Gasteiger partial charge in [-0.1, -0.05) is 0 Å². The third-order valence-corrected chi connectivity index (χ3v) is 3.90. The highest BCUT2D eigenvalue weighted by molar-refractivity contribution is 5.88. The Hall–Kier alpha value is -1.62. The fourth-order valence-corrected chi connectivity index (χ4v) is 2.92. The van der Waals surface area contributed by atoms with E-state index in [1.54, 1.807) is 12.3 Å². The lowest BCUT2D eigenvalue weighted by Crippen LogP contribution is -2.50. The number of carboxylic acid groups (broad SMARTS) is 1. The highest BCUT2D eigenvalue weighted by Crippen LogP contribution is 2.24. The second-order valence-corrected chi connectivity index (χ2v) is 4.99. The number of aromatic carboxylic acids is 1. The Morgan fingerprint density at radius 2 is 2.28 bits per heavy atom. The van der Waals surface area contributed by atoms with Crippen LogP contribution in [0.4, 0.5) is 5.82 Å². The quantitative estimate of drug-likeness (QED) is 0.847. The van der Waals surface area contributed by atoms with Gasteiger partial charge in [0, 0.05) is 31.9 Å². The summed E-state index contributed by atoms with van der Waals surface area (Å²) in [4.78, 5) is 20.0. The van der Waals surface area contributed by atoms with Crippen molar-refractivity contribution in [2.75, 3.05) is 31.1 Å². The average Bonchev–Trinajstić information content (AvgIpc) is 2.86. The van der Waals surface area contributed by atoms with Gasteiger partial charge in [0.2, 0.25) is 0 Å². The maximum atomic E-state index is 11.0. The van der Waals surface area contributed by atoms with Crippen LogP contribution >= 0.6 is 0 Å². The molecule has 2 aliphatic heterocycles. The molecule has 2 aliphatic rings. The highest BCUT2D eigenvalue weighted by atomic mass is 16.4. The van der Waals surface area contributed by atoms with Gasteiger partial charge < -0.3 is 10.0 Å². The Balaban J connectivity index is 1.78. The van der Waals surface area contributed by atoms with Gasteiger partial charge >= 0.3 is 5.97 Å². The summed E-state index contributed by atoms with van der Waals surface area (Å²) in [6.07, 6.45) is 4.11. The van der Waals surface area contributed by atoms with E-state index in [2.05, 4.69) is 14.8 Å². The maximum Gasteiger partial charge on any atom is 0.335 e. The van der Waals surface area contributed by atoms with E-state index in [4.69, 9.17) is 5.11 Å². The minimum absolute atomic E-state index is 0.314. The first-order valence-electron chi connectivity index (χ1n) is 6.42. The van der Waals surface area contributed by atoms with E-state index < -0.39 is 5.97 Å². The molecule has 0 amide bonds. The molecular weight excluding hydrogens is 230 g/mol. The minimum Gasteiger partial charge on any atom is -0.478 e. The summed E-state index contributed by atoms with van der Waals surface area (Å²) in [5, 5.41) is 9.00. The van der Waals surface area contributed by atoms with E-state index >= 15 is 0 Å². The van der Waals surface area contributed by atoms with Crippen molar-refractivity contribution in [2.24, 2.45) is 0 Å². The highest BCUT2D eigenvalue weighted by Gasteiger charge is 2.31. The van der Waals surface area contributed by atoms with E-state index in [-0.39, 0.29) is 0 Å². The van der Waals surface area contributed by atoms with E-state index in [1.807, 2.05) is 0 Å². The van der Waals surface area contributed by atoms with E-state index in [0.29, 0.717) is 11.6 Å². The van der Waals surface area contributed by atoms with Crippen LogP contribution in [0.5, 0.6) is 0 Å². The van der Waals surface area contributed by atoms with Crippen molar-refractivity contribution >= 4 is 11.8 Å². The van der Waals surface area contributed by atoms with E-state index in [9.17, 15) is 4.79 Å². The third kappa shape index (κ3) is 2.06. The molecule has 3 rings (SSSR count). The van der Waals surface area contributed by atoms with Crippen molar-refractivity contribution in [2.45, 2.75) is 18.9 Å². The molecule has 1 aromatic rings. The summed E-state index contributed by atoms with van der Waals surface area (Å²) in [5.41, 5.74) is 0.314. The van der Waals surface area contributed by atoms with Crippen molar-refractivity contribution in [3.8, 4) is 0 Å². The Kier molecular flexibility index (Phi) is 2.91. The van der Waals surface area contributed by atoms with Gasteiger partial charge in [-0.2, -0.15) is 0 Å². The summed E-state index contributed by atoms with van der Waals surface area (Å²) in [6.45, 7) is 4.17. The van der Waals surface area contributed by atoms with Crippen LogP contribution in [0.3, 0.4) is 0 Å². The zero-order chi connectivity index (χ0) is 12.5. The molecule has 96 valence electrons. The molecule has 1 atom stereocenters. The molecule has 0 aliphatic carbocycles. The van der Waals surface area contributed by atoms with Crippen LogP contribution in [0.1, 0.15) is 23.2 Å². The number of hydrogen-bond acceptors (Lipinski definition) is 4. The molecular formula is C13H17N3O2. The minimum atomic E-state index is -0.891. The van der Waals surface area contributed by atoms with Gasteiger partial charge in [0.05, 0.1) is 5.56 Å². The second-order valence-electron chi connectivity index (χ2n) is 4.99. The zero-order valence-corrected chi connectivity index (χ0v) is 10.2. The van der Waals surface area contributed by atoms with Crippen LogP contribution in [0, 0.1) is 0 Å². The van der Waals surface area contributed by atoms with Crippen molar-refractivity contribution in [1.29, 1.82) is 0 Å². The topological polar surface area (TPSA) is 56.7 Å². The SMILES string of the molecule is O=C(O)c1ccnc(N2CCN3CCCC3C2)c1. The van der Waals surface area contributed by atoms with Crippen molar-refractivity contribution < 1.29 is 9.90 Å². The average molecular weight is 247 g/mol. The summed E-state index contributed by atoms with van der Waals surface area (Å²) >= 11 is 0. The van der Waals surface area contributed by atoms with Gasteiger partial charge in [-0.05, 0) is 31.5 Å². The Labute approximate surface area is 106 Å². The van der Waals surface area contributed by atoms with Gasteiger partial charge in [0.25, 0.3) is 0 Å². The summed E-state index contributed by atoms with van der Waals surface area (Å²) < 4.78 is 0. The predicted molar refractivity (Wildman–Crippen MR) is 68.0 cm³/mol. The first kappa shape index (κ1) is 11.5. The van der Waals surface area contributed by atoms with Gasteiger partial charge in [0.15, 0.2) is 0 Å². The van der Waals surface area contributed by atoms with Crippen LogP contribution in [0.25, 0.3) is 0 Å². The van der Waals surface area contributed by atoms with Crippen molar-refractivity contribution in [3.63, 3.8) is 0 Å². The Morgan fingerprint density at radius 1 is 1.39 bits per heavy atom. The molecule has 18 heavy (non-hydrogen) atoms. The molecule has 0 radical (unpaired) electrons. The number of carboxylic acids is 1. The monoisotopic (exact) mass is 247 g/mol. The molecule has 0 bridgehead atoms. The fraction of sp³-hybridized carbons (Fsp3) is 0.538. The number of pyridine rings is 1. The number of anilines is 1. The number of rotatable bonds is 2. The maximum absolute atomic E-state index is 11.0. The normalized spacial score (nSPS) is 24.0. The van der Waals surface area contributed by atoms with Crippen molar-refractivity contribution in [3.05, 3.63) is 23.9 Å². The lowest BCUT2D eigenvalue weighted by molar-refractivity contribution is 0.0697. The predicted octanol–water partition coefficient (Wildman–Crippen LogP) is 1.06. The molecule has 2 saturated heterocycles. The molecule has 1 aromatic heterocycles. The summed E-state index contributed by atoms with van der Waals surface area (Å²) in [5.74, 6) is -0.0976. The molecule has 3 heterocycles. The Bertz CT molecular complexity index is 463. The Morgan fingerprint density at radius 3 is 3.11 bits per heavy atom. The molecule has 0 aromatic carbocycles. The van der Waals surface area contributed by atoms with Crippen LogP contribution in [0.15, 0.2) is 18.3 Å². The number of nitrogens with zero attached hydrogens (tertiary/aromatic N) is 3. The van der Waals surface area contributed by atoms with Gasteiger partial charge in [-0.15, -0.1) is 0 Å². The lowest BCUT2D eigenvalue weighted by atomic mass is 10.1. The van der Waals surface area contributed by atoms with E-state index in [0.717, 1.165) is 25.5 Å².